The number of quaternary nitrogens is 1. The molecule has 0 atom stereocenters. The Bertz CT molecular complexity index is 457. The molecule has 0 amide bonds. The molecule has 20 heavy (non-hydrogen) atoms. The van der Waals surface area contributed by atoms with Crippen molar-refractivity contribution in [3.05, 3.63) is 23.8 Å². The number of benzene rings is 1. The fourth-order valence-corrected chi connectivity index (χ4v) is 2.13. The molecular weight excluding hydrogens is 262 g/mol. The molecule has 110 valence electrons. The number of aromatic carboxylic acids is 1. The van der Waals surface area contributed by atoms with Crippen LogP contribution in [0.25, 0.3) is 0 Å². The second-order valence-electron chi connectivity index (χ2n) is 4.61. The maximum absolute atomic E-state index is 10.8. The Morgan fingerprint density at radius 3 is 2.75 bits per heavy atom. The normalized spacial score (nSPS) is 15.8. The zero-order valence-electron chi connectivity index (χ0n) is 11.5. The number of carboxylic acids is 1. The van der Waals surface area contributed by atoms with E-state index in [1.54, 1.807) is 6.07 Å². The molecule has 1 aromatic carbocycles. The first-order chi connectivity index (χ1) is 9.70. The summed E-state index contributed by atoms with van der Waals surface area (Å²) in [6.45, 7) is 5.00. The number of carboxylic acid groups (broad SMARTS) is 1. The van der Waals surface area contributed by atoms with Crippen molar-refractivity contribution in [3.63, 3.8) is 0 Å². The van der Waals surface area contributed by atoms with Crippen LogP contribution < -0.4 is 19.5 Å². The molecule has 6 heteroatoms. The van der Waals surface area contributed by atoms with Gasteiger partial charge in [-0.15, -0.1) is 0 Å². The van der Waals surface area contributed by atoms with Crippen molar-refractivity contribution in [2.75, 3.05) is 46.6 Å². The van der Waals surface area contributed by atoms with Gasteiger partial charge in [0.25, 0.3) is 0 Å². The molecule has 0 saturated carbocycles. The molecule has 1 saturated heterocycles. The first-order valence-electron chi connectivity index (χ1n) is 6.64. The van der Waals surface area contributed by atoms with Gasteiger partial charge >= 0.3 is 0 Å². The highest BCUT2D eigenvalue weighted by molar-refractivity contribution is 5.86. The molecule has 0 spiro atoms. The molecule has 6 nitrogen and oxygen atoms in total. The van der Waals surface area contributed by atoms with E-state index in [1.807, 2.05) is 0 Å². The van der Waals surface area contributed by atoms with Gasteiger partial charge in [0.15, 0.2) is 11.5 Å². The predicted octanol–water partition coefficient (Wildman–Crippen LogP) is -1.65. The van der Waals surface area contributed by atoms with E-state index in [0.29, 0.717) is 18.1 Å². The average Bonchev–Trinajstić information content (AvgIpc) is 2.48. The van der Waals surface area contributed by atoms with Crippen molar-refractivity contribution in [1.29, 1.82) is 0 Å². The number of nitrogens with one attached hydrogen (secondary N) is 1. The summed E-state index contributed by atoms with van der Waals surface area (Å²) >= 11 is 0. The number of ether oxygens (including phenoxy) is 3. The van der Waals surface area contributed by atoms with Crippen LogP contribution in [0.2, 0.25) is 0 Å². The van der Waals surface area contributed by atoms with Crippen molar-refractivity contribution < 1.29 is 29.0 Å². The van der Waals surface area contributed by atoms with Gasteiger partial charge in [-0.3, -0.25) is 0 Å². The lowest BCUT2D eigenvalue weighted by Crippen LogP contribution is -3.14. The maximum Gasteiger partial charge on any atom is 0.161 e. The summed E-state index contributed by atoms with van der Waals surface area (Å²) in [5, 5.41) is 10.8. The van der Waals surface area contributed by atoms with Gasteiger partial charge in [0.05, 0.1) is 26.3 Å². The topological polar surface area (TPSA) is 72.3 Å². The summed E-state index contributed by atoms with van der Waals surface area (Å²) in [6, 6.07) is 4.46. The minimum atomic E-state index is -1.23. The quantitative estimate of drug-likeness (QED) is 0.676. The van der Waals surface area contributed by atoms with Crippen LogP contribution >= 0.6 is 0 Å². The average molecular weight is 281 g/mol. The Morgan fingerprint density at radius 2 is 2.10 bits per heavy atom. The second-order valence-corrected chi connectivity index (χ2v) is 4.61. The van der Waals surface area contributed by atoms with Crippen LogP contribution in [-0.4, -0.2) is 52.5 Å². The SMILES string of the molecule is COc1cc(C(=O)[O-])ccc1OCC[NH+]1CCOCC1. The van der Waals surface area contributed by atoms with Gasteiger partial charge in [-0.2, -0.15) is 0 Å². The summed E-state index contributed by atoms with van der Waals surface area (Å²) in [5.74, 6) is -0.276. The highest BCUT2D eigenvalue weighted by Gasteiger charge is 2.14. The number of rotatable bonds is 6. The van der Waals surface area contributed by atoms with Gasteiger partial charge in [0.2, 0.25) is 0 Å². The van der Waals surface area contributed by atoms with E-state index in [-0.39, 0.29) is 5.56 Å². The lowest BCUT2D eigenvalue weighted by Gasteiger charge is -2.23. The van der Waals surface area contributed by atoms with Crippen LogP contribution in [-0.2, 0) is 4.74 Å². The Balaban J connectivity index is 1.89. The zero-order valence-corrected chi connectivity index (χ0v) is 11.5. The number of carbonyl (C=O) groups excluding carboxylic acids is 1. The molecule has 1 N–H and O–H groups in total. The largest absolute Gasteiger partial charge is 0.545 e. The van der Waals surface area contributed by atoms with Gasteiger partial charge in [-0.05, 0) is 18.2 Å². The number of hydrogen-bond donors (Lipinski definition) is 1. The molecular formula is C14H19NO5. The van der Waals surface area contributed by atoms with Crippen molar-refractivity contribution in [2.24, 2.45) is 0 Å². The molecule has 0 bridgehead atoms. The third-order valence-corrected chi connectivity index (χ3v) is 3.31. The highest BCUT2D eigenvalue weighted by atomic mass is 16.5. The maximum atomic E-state index is 10.8. The van der Waals surface area contributed by atoms with E-state index in [2.05, 4.69) is 0 Å². The lowest BCUT2D eigenvalue weighted by atomic mass is 10.2. The van der Waals surface area contributed by atoms with E-state index < -0.39 is 5.97 Å². The van der Waals surface area contributed by atoms with Crippen LogP contribution in [0, 0.1) is 0 Å². The van der Waals surface area contributed by atoms with E-state index in [1.165, 1.54) is 24.1 Å². The Hall–Kier alpha value is -1.79. The van der Waals surface area contributed by atoms with Gasteiger partial charge < -0.3 is 29.0 Å². The Kier molecular flexibility index (Phi) is 5.20. The van der Waals surface area contributed by atoms with Crippen molar-refractivity contribution >= 4 is 5.97 Å². The summed E-state index contributed by atoms with van der Waals surface area (Å²) in [7, 11) is 1.48. The molecule has 1 aromatic rings. The minimum Gasteiger partial charge on any atom is -0.545 e. The summed E-state index contributed by atoms with van der Waals surface area (Å²) in [6.07, 6.45) is 0. The second kappa shape index (κ2) is 7.12. The minimum absolute atomic E-state index is 0.0769. The standard InChI is InChI=1S/C14H19NO5/c1-18-13-10-11(14(16)17)2-3-12(13)20-9-6-15-4-7-19-8-5-15/h2-3,10H,4-9H2,1H3,(H,16,17). The smallest absolute Gasteiger partial charge is 0.161 e. The number of hydrogen-bond acceptors (Lipinski definition) is 5. The molecule has 0 radical (unpaired) electrons. The zero-order chi connectivity index (χ0) is 14.4. The van der Waals surface area contributed by atoms with E-state index in [4.69, 9.17) is 14.2 Å². The van der Waals surface area contributed by atoms with Gasteiger partial charge in [-0.1, -0.05) is 0 Å². The fourth-order valence-electron chi connectivity index (χ4n) is 2.13. The van der Waals surface area contributed by atoms with Gasteiger partial charge in [0, 0.05) is 5.56 Å². The molecule has 1 aliphatic heterocycles. The molecule has 2 rings (SSSR count). The lowest BCUT2D eigenvalue weighted by molar-refractivity contribution is -0.908. The molecule has 1 heterocycles. The summed E-state index contributed by atoms with van der Waals surface area (Å²) in [5.41, 5.74) is 0.0769. The Morgan fingerprint density at radius 1 is 1.35 bits per heavy atom. The van der Waals surface area contributed by atoms with Crippen LogP contribution in [0.1, 0.15) is 10.4 Å². The van der Waals surface area contributed by atoms with Crippen LogP contribution in [0.3, 0.4) is 0 Å². The van der Waals surface area contributed by atoms with Crippen molar-refractivity contribution in [3.8, 4) is 11.5 Å². The van der Waals surface area contributed by atoms with Gasteiger partial charge in [-0.25, -0.2) is 0 Å². The third-order valence-electron chi connectivity index (χ3n) is 3.31. The van der Waals surface area contributed by atoms with E-state index >= 15 is 0 Å². The van der Waals surface area contributed by atoms with Gasteiger partial charge in [0.1, 0.15) is 26.2 Å². The molecule has 1 fully saturated rings. The van der Waals surface area contributed by atoms with Crippen LogP contribution in [0.15, 0.2) is 18.2 Å². The number of methoxy groups -OCH3 is 1. The van der Waals surface area contributed by atoms with E-state index in [9.17, 15) is 9.90 Å². The first-order valence-corrected chi connectivity index (χ1v) is 6.64. The van der Waals surface area contributed by atoms with Crippen LogP contribution in [0.4, 0.5) is 0 Å². The highest BCUT2D eigenvalue weighted by Crippen LogP contribution is 2.27. The van der Waals surface area contributed by atoms with Crippen molar-refractivity contribution in [1.82, 2.24) is 0 Å². The first kappa shape index (κ1) is 14.6. The molecule has 0 aromatic heterocycles. The molecule has 0 aliphatic carbocycles. The van der Waals surface area contributed by atoms with Crippen LogP contribution in [0.5, 0.6) is 11.5 Å². The fraction of sp³-hybridized carbons (Fsp3) is 0.500. The monoisotopic (exact) mass is 281 g/mol. The Labute approximate surface area is 117 Å². The third kappa shape index (κ3) is 3.85. The van der Waals surface area contributed by atoms with E-state index in [0.717, 1.165) is 32.8 Å². The molecule has 0 unspecified atom stereocenters. The van der Waals surface area contributed by atoms with Crippen molar-refractivity contribution in [2.45, 2.75) is 0 Å². The predicted molar refractivity (Wildman–Crippen MR) is 69.2 cm³/mol. The summed E-state index contributed by atoms with van der Waals surface area (Å²) < 4.78 is 16.1. The number of carbonyl (C=O) groups is 1. The molecule has 1 aliphatic rings. The number of morpholine rings is 1. The summed E-state index contributed by atoms with van der Waals surface area (Å²) in [4.78, 5) is 12.2.